The maximum Gasteiger partial charge on any atom is 0.355 e. The zero-order chi connectivity index (χ0) is 16.4. The van der Waals surface area contributed by atoms with Crippen molar-refractivity contribution in [1.29, 1.82) is 0 Å². The molecule has 1 fully saturated rings. The van der Waals surface area contributed by atoms with Gasteiger partial charge in [-0.05, 0) is 18.6 Å². The van der Waals surface area contributed by atoms with E-state index in [2.05, 4.69) is 9.71 Å². The summed E-state index contributed by atoms with van der Waals surface area (Å²) in [6.07, 6.45) is 1.69. The van der Waals surface area contributed by atoms with Crippen LogP contribution in [-0.4, -0.2) is 62.6 Å². The van der Waals surface area contributed by atoms with Crippen LogP contribution in [0.15, 0.2) is 23.2 Å². The van der Waals surface area contributed by atoms with Crippen molar-refractivity contribution in [2.75, 3.05) is 25.4 Å². The van der Waals surface area contributed by atoms with E-state index in [-0.39, 0.29) is 18.8 Å². The third-order valence-corrected chi connectivity index (χ3v) is 6.57. The van der Waals surface area contributed by atoms with E-state index in [9.17, 15) is 21.6 Å². The maximum atomic E-state index is 12.1. The molecule has 22 heavy (non-hydrogen) atoms. The van der Waals surface area contributed by atoms with Gasteiger partial charge in [0.1, 0.15) is 4.90 Å². The molecule has 11 heteroatoms. The molecule has 1 aliphatic heterocycles. The van der Waals surface area contributed by atoms with Gasteiger partial charge in [0.2, 0.25) is 20.0 Å². The Hall–Kier alpha value is -1.56. The predicted octanol–water partition coefficient (Wildman–Crippen LogP) is -0.906. The minimum Gasteiger partial charge on any atom is -0.476 e. The van der Waals surface area contributed by atoms with Gasteiger partial charge >= 0.3 is 5.97 Å². The molecule has 0 bridgehead atoms. The summed E-state index contributed by atoms with van der Waals surface area (Å²) in [6, 6.07) is 2.44. The first-order valence-corrected chi connectivity index (χ1v) is 9.49. The Morgan fingerprint density at radius 3 is 2.77 bits per heavy atom. The van der Waals surface area contributed by atoms with Crippen LogP contribution in [0.3, 0.4) is 0 Å². The number of carboxylic acid groups (broad SMARTS) is 1. The number of carbonyl (C=O) groups is 1. The number of carboxylic acids is 1. The molecule has 0 spiro atoms. The average Bonchev–Trinajstić information content (AvgIpc) is 2.78. The van der Waals surface area contributed by atoms with Crippen molar-refractivity contribution in [3.63, 3.8) is 0 Å². The Labute approximate surface area is 128 Å². The molecule has 122 valence electrons. The fourth-order valence-corrected chi connectivity index (χ4v) is 4.79. The molecule has 2 rings (SSSR count). The van der Waals surface area contributed by atoms with Gasteiger partial charge < -0.3 is 5.11 Å². The van der Waals surface area contributed by atoms with Gasteiger partial charge in [-0.3, -0.25) is 0 Å². The Kier molecular flexibility index (Phi) is 4.80. The molecule has 0 saturated carbocycles. The van der Waals surface area contributed by atoms with Crippen LogP contribution in [0.5, 0.6) is 0 Å². The summed E-state index contributed by atoms with van der Waals surface area (Å²) in [6.45, 7) is 0.219. The summed E-state index contributed by atoms with van der Waals surface area (Å²) < 4.78 is 50.8. The van der Waals surface area contributed by atoms with Crippen LogP contribution in [0.4, 0.5) is 0 Å². The summed E-state index contributed by atoms with van der Waals surface area (Å²) in [5.41, 5.74) is -0.580. The van der Waals surface area contributed by atoms with Crippen molar-refractivity contribution >= 4 is 26.0 Å². The zero-order valence-corrected chi connectivity index (χ0v) is 13.1. The summed E-state index contributed by atoms with van der Waals surface area (Å²) in [5.74, 6) is -1.39. The molecule has 0 radical (unpaired) electrons. The average molecular weight is 349 g/mol. The Morgan fingerprint density at radius 2 is 2.18 bits per heavy atom. The summed E-state index contributed by atoms with van der Waals surface area (Å²) in [5, 5.41) is 8.95. The summed E-state index contributed by atoms with van der Waals surface area (Å²) >= 11 is 0. The van der Waals surface area contributed by atoms with Crippen LogP contribution in [0.1, 0.15) is 16.9 Å². The second kappa shape index (κ2) is 6.28. The smallest absolute Gasteiger partial charge is 0.355 e. The number of pyridine rings is 1. The minimum absolute atomic E-state index is 0.00420. The number of aromatic nitrogens is 1. The molecule has 2 heterocycles. The van der Waals surface area contributed by atoms with Crippen LogP contribution < -0.4 is 4.72 Å². The fourth-order valence-electron chi connectivity index (χ4n) is 2.09. The number of hydrogen-bond donors (Lipinski definition) is 2. The second-order valence-corrected chi connectivity index (χ2v) is 8.45. The first-order chi connectivity index (χ1) is 10.2. The third kappa shape index (κ3) is 3.61. The van der Waals surface area contributed by atoms with Gasteiger partial charge in [-0.15, -0.1) is 0 Å². The van der Waals surface area contributed by atoms with Gasteiger partial charge in [0.15, 0.2) is 5.69 Å². The fraction of sp³-hybridized carbons (Fsp3) is 0.455. The van der Waals surface area contributed by atoms with Gasteiger partial charge in [0, 0.05) is 25.8 Å². The van der Waals surface area contributed by atoms with E-state index < -0.39 is 36.6 Å². The van der Waals surface area contributed by atoms with Gasteiger partial charge in [-0.25, -0.2) is 35.6 Å². The van der Waals surface area contributed by atoms with Crippen molar-refractivity contribution in [2.24, 2.45) is 0 Å². The highest BCUT2D eigenvalue weighted by Gasteiger charge is 2.28. The number of hydrogen-bond acceptors (Lipinski definition) is 6. The van der Waals surface area contributed by atoms with E-state index in [4.69, 9.17) is 5.11 Å². The van der Waals surface area contributed by atoms with Gasteiger partial charge in [-0.1, -0.05) is 0 Å². The van der Waals surface area contributed by atoms with E-state index in [1.54, 1.807) is 0 Å². The van der Waals surface area contributed by atoms with E-state index in [0.29, 0.717) is 13.0 Å². The van der Waals surface area contributed by atoms with Crippen LogP contribution >= 0.6 is 0 Å². The lowest BCUT2D eigenvalue weighted by Gasteiger charge is -2.14. The Bertz CT molecular complexity index is 775. The number of sulfonamides is 2. The monoisotopic (exact) mass is 349 g/mol. The van der Waals surface area contributed by atoms with Gasteiger partial charge in [0.25, 0.3) is 0 Å². The highest BCUT2D eigenvalue weighted by Crippen LogP contribution is 2.14. The molecule has 0 aromatic carbocycles. The lowest BCUT2D eigenvalue weighted by atomic mass is 10.3. The first kappa shape index (κ1) is 16.8. The van der Waals surface area contributed by atoms with E-state index in [1.165, 1.54) is 16.6 Å². The van der Waals surface area contributed by atoms with E-state index in [0.717, 1.165) is 6.07 Å². The zero-order valence-electron chi connectivity index (χ0n) is 11.5. The van der Waals surface area contributed by atoms with Crippen LogP contribution in [0, 0.1) is 0 Å². The second-order valence-electron chi connectivity index (χ2n) is 4.62. The maximum absolute atomic E-state index is 12.1. The molecular weight excluding hydrogens is 334 g/mol. The van der Waals surface area contributed by atoms with E-state index >= 15 is 0 Å². The molecule has 9 nitrogen and oxygen atoms in total. The molecule has 1 saturated heterocycles. The molecule has 2 N–H and O–H groups in total. The van der Waals surface area contributed by atoms with Crippen LogP contribution in [-0.2, 0) is 20.0 Å². The molecule has 1 aromatic rings. The molecule has 0 unspecified atom stereocenters. The van der Waals surface area contributed by atoms with E-state index in [1.807, 2.05) is 0 Å². The highest BCUT2D eigenvalue weighted by atomic mass is 32.2. The number of nitrogens with zero attached hydrogens (tertiary/aromatic N) is 2. The Balaban J connectivity index is 2.08. The summed E-state index contributed by atoms with van der Waals surface area (Å²) in [7, 11) is -7.38. The lowest BCUT2D eigenvalue weighted by molar-refractivity contribution is 0.0685. The van der Waals surface area contributed by atoms with Crippen molar-refractivity contribution in [3.05, 3.63) is 24.0 Å². The highest BCUT2D eigenvalue weighted by molar-refractivity contribution is 7.89. The first-order valence-electron chi connectivity index (χ1n) is 6.40. The number of nitrogens with one attached hydrogen (secondary N) is 1. The quantitative estimate of drug-likeness (QED) is 0.679. The number of rotatable bonds is 6. The summed E-state index contributed by atoms with van der Waals surface area (Å²) in [4.78, 5) is 14.1. The van der Waals surface area contributed by atoms with Gasteiger partial charge in [0.05, 0.1) is 5.75 Å². The molecule has 1 aromatic heterocycles. The Morgan fingerprint density at radius 1 is 1.45 bits per heavy atom. The van der Waals surface area contributed by atoms with Crippen molar-refractivity contribution < 1.29 is 26.7 Å². The van der Waals surface area contributed by atoms with Crippen LogP contribution in [0.2, 0.25) is 0 Å². The SMILES string of the molecule is O=C(O)c1ncccc1S(=O)(=O)NCCN1CCCS1(=O)=O. The lowest BCUT2D eigenvalue weighted by Crippen LogP contribution is -2.36. The molecule has 1 aliphatic rings. The molecular formula is C11H15N3O6S2. The normalized spacial score (nSPS) is 18.4. The topological polar surface area (TPSA) is 134 Å². The van der Waals surface area contributed by atoms with Crippen LogP contribution in [0.25, 0.3) is 0 Å². The van der Waals surface area contributed by atoms with Crippen molar-refractivity contribution in [3.8, 4) is 0 Å². The van der Waals surface area contributed by atoms with Gasteiger partial charge in [-0.2, -0.15) is 0 Å². The molecule has 0 aliphatic carbocycles. The predicted molar refractivity (Wildman–Crippen MR) is 76.4 cm³/mol. The third-order valence-electron chi connectivity index (χ3n) is 3.12. The minimum atomic E-state index is -4.08. The number of aromatic carboxylic acids is 1. The van der Waals surface area contributed by atoms with Crippen molar-refractivity contribution in [2.45, 2.75) is 11.3 Å². The van der Waals surface area contributed by atoms with Crippen molar-refractivity contribution in [1.82, 2.24) is 14.0 Å². The standard InChI is InChI=1S/C11H15N3O6S2/c15-11(16)10-9(3-1-4-12-10)22(19,20)13-5-7-14-6-2-8-21(14,17)18/h1,3-4,13H,2,5-8H2,(H,15,16). The largest absolute Gasteiger partial charge is 0.476 e. The molecule has 0 atom stereocenters. The molecule has 0 amide bonds.